The van der Waals surface area contributed by atoms with E-state index in [9.17, 15) is 0 Å². The molecule has 0 aliphatic carbocycles. The molecule has 0 aromatic carbocycles. The van der Waals surface area contributed by atoms with Crippen molar-refractivity contribution in [3.63, 3.8) is 0 Å². The summed E-state index contributed by atoms with van der Waals surface area (Å²) in [5, 5.41) is 3.43. The molecule has 0 radical (unpaired) electrons. The molecule has 1 N–H and O–H groups in total. The maximum Gasteiger partial charge on any atom is 0.123 e. The molecule has 6 heteroatoms. The highest BCUT2D eigenvalue weighted by atomic mass is 35.5. The lowest BCUT2D eigenvalue weighted by Gasteiger charge is -2.20. The van der Waals surface area contributed by atoms with Gasteiger partial charge in [-0.3, -0.25) is 4.90 Å². The lowest BCUT2D eigenvalue weighted by atomic mass is 10.3. The second kappa shape index (κ2) is 8.75. The van der Waals surface area contributed by atoms with Crippen molar-refractivity contribution >= 4 is 24.8 Å². The molecular formula is C12H24Cl2N4. The Hall–Kier alpha value is -0.290. The molecule has 4 nitrogen and oxygen atoms in total. The quantitative estimate of drug-likeness (QED) is 0.927. The van der Waals surface area contributed by atoms with Crippen molar-refractivity contribution in [3.05, 3.63) is 18.2 Å². The molecule has 1 aliphatic rings. The number of hydrogen-bond acceptors (Lipinski definition) is 3. The molecule has 1 fully saturated rings. The van der Waals surface area contributed by atoms with Crippen LogP contribution in [0.15, 0.2) is 12.4 Å². The summed E-state index contributed by atoms with van der Waals surface area (Å²) >= 11 is 0. The summed E-state index contributed by atoms with van der Waals surface area (Å²) in [7, 11) is 0. The van der Waals surface area contributed by atoms with Crippen LogP contribution in [-0.2, 0) is 6.54 Å². The third kappa shape index (κ3) is 4.76. The normalized spacial score (nSPS) is 16.8. The van der Waals surface area contributed by atoms with Crippen molar-refractivity contribution in [2.45, 2.75) is 32.9 Å². The molecule has 0 bridgehead atoms. The Balaban J connectivity index is 0.00000144. The lowest BCUT2D eigenvalue weighted by Crippen LogP contribution is -2.29. The molecular weight excluding hydrogens is 271 g/mol. The molecule has 0 amide bonds. The van der Waals surface area contributed by atoms with Crippen LogP contribution in [0.1, 0.15) is 32.1 Å². The third-order valence-corrected chi connectivity index (χ3v) is 3.10. The Bertz CT molecular complexity index is 320. The fraction of sp³-hybridized carbons (Fsp3) is 0.750. The van der Waals surface area contributed by atoms with E-state index in [-0.39, 0.29) is 24.8 Å². The van der Waals surface area contributed by atoms with Gasteiger partial charge in [0.05, 0.1) is 6.54 Å². The van der Waals surface area contributed by atoms with Crippen molar-refractivity contribution in [1.29, 1.82) is 0 Å². The first kappa shape index (κ1) is 17.7. The van der Waals surface area contributed by atoms with Crippen LogP contribution >= 0.6 is 24.8 Å². The van der Waals surface area contributed by atoms with Crippen molar-refractivity contribution in [3.8, 4) is 0 Å². The SMILES string of the molecule is CC(C)n1ccnc1CN1CCCNCC1.Cl.Cl. The minimum absolute atomic E-state index is 0. The van der Waals surface area contributed by atoms with Crippen LogP contribution < -0.4 is 5.32 Å². The monoisotopic (exact) mass is 294 g/mol. The van der Waals surface area contributed by atoms with Crippen LogP contribution in [0.25, 0.3) is 0 Å². The first-order valence-corrected chi connectivity index (χ1v) is 6.22. The molecule has 1 saturated heterocycles. The van der Waals surface area contributed by atoms with Gasteiger partial charge in [-0.05, 0) is 33.4 Å². The van der Waals surface area contributed by atoms with Gasteiger partial charge in [0.1, 0.15) is 5.82 Å². The second-order valence-corrected chi connectivity index (χ2v) is 4.72. The lowest BCUT2D eigenvalue weighted by molar-refractivity contribution is 0.271. The van der Waals surface area contributed by atoms with Crippen LogP contribution in [-0.4, -0.2) is 40.6 Å². The van der Waals surface area contributed by atoms with Gasteiger partial charge in [-0.2, -0.15) is 0 Å². The van der Waals surface area contributed by atoms with Crippen molar-refractivity contribution in [1.82, 2.24) is 19.8 Å². The van der Waals surface area contributed by atoms with E-state index in [1.165, 1.54) is 18.8 Å². The molecule has 2 heterocycles. The predicted molar refractivity (Wildman–Crippen MR) is 79.9 cm³/mol. The van der Waals surface area contributed by atoms with Gasteiger partial charge < -0.3 is 9.88 Å². The van der Waals surface area contributed by atoms with Gasteiger partial charge in [-0.15, -0.1) is 24.8 Å². The topological polar surface area (TPSA) is 33.1 Å². The fourth-order valence-corrected chi connectivity index (χ4v) is 2.20. The summed E-state index contributed by atoms with van der Waals surface area (Å²) in [6.45, 7) is 9.94. The molecule has 2 rings (SSSR count). The number of nitrogens with zero attached hydrogens (tertiary/aromatic N) is 3. The van der Waals surface area contributed by atoms with E-state index in [1.54, 1.807) is 0 Å². The number of hydrogen-bond donors (Lipinski definition) is 1. The van der Waals surface area contributed by atoms with Crippen molar-refractivity contribution < 1.29 is 0 Å². The molecule has 0 atom stereocenters. The molecule has 1 aromatic heterocycles. The first-order chi connectivity index (χ1) is 7.77. The first-order valence-electron chi connectivity index (χ1n) is 6.22. The largest absolute Gasteiger partial charge is 0.331 e. The third-order valence-electron chi connectivity index (χ3n) is 3.10. The molecule has 1 aliphatic heterocycles. The summed E-state index contributed by atoms with van der Waals surface area (Å²) in [6, 6.07) is 0.502. The van der Waals surface area contributed by atoms with Gasteiger partial charge in [0.25, 0.3) is 0 Å². The van der Waals surface area contributed by atoms with Crippen molar-refractivity contribution in [2.75, 3.05) is 26.2 Å². The Morgan fingerprint density at radius 1 is 1.28 bits per heavy atom. The van der Waals surface area contributed by atoms with E-state index in [1.807, 2.05) is 6.20 Å². The van der Waals surface area contributed by atoms with E-state index in [4.69, 9.17) is 0 Å². The van der Waals surface area contributed by atoms with E-state index < -0.39 is 0 Å². The predicted octanol–water partition coefficient (Wildman–Crippen LogP) is 2.10. The van der Waals surface area contributed by atoms with Gasteiger partial charge in [-0.25, -0.2) is 4.98 Å². The number of halogens is 2. The van der Waals surface area contributed by atoms with Crippen LogP contribution in [0.4, 0.5) is 0 Å². The van der Waals surface area contributed by atoms with Crippen molar-refractivity contribution in [2.24, 2.45) is 0 Å². The molecule has 0 spiro atoms. The molecule has 0 unspecified atom stereocenters. The average Bonchev–Trinajstić information content (AvgIpc) is 2.55. The van der Waals surface area contributed by atoms with Crippen LogP contribution in [0, 0.1) is 0 Å². The summed E-state index contributed by atoms with van der Waals surface area (Å²) in [6.07, 6.45) is 5.23. The Labute approximate surface area is 122 Å². The zero-order valence-corrected chi connectivity index (χ0v) is 12.8. The Morgan fingerprint density at radius 3 is 2.78 bits per heavy atom. The second-order valence-electron chi connectivity index (χ2n) is 4.72. The average molecular weight is 295 g/mol. The smallest absolute Gasteiger partial charge is 0.123 e. The molecule has 18 heavy (non-hydrogen) atoms. The number of aromatic nitrogens is 2. The molecule has 106 valence electrons. The molecule has 0 saturated carbocycles. The minimum atomic E-state index is 0. The zero-order valence-electron chi connectivity index (χ0n) is 11.1. The van der Waals surface area contributed by atoms with Gasteiger partial charge >= 0.3 is 0 Å². The number of imidazole rings is 1. The Kier molecular flexibility index (Phi) is 8.61. The minimum Gasteiger partial charge on any atom is -0.331 e. The fourth-order valence-electron chi connectivity index (χ4n) is 2.20. The Morgan fingerprint density at radius 2 is 2.06 bits per heavy atom. The summed E-state index contributed by atoms with van der Waals surface area (Å²) < 4.78 is 2.26. The van der Waals surface area contributed by atoms with E-state index in [0.717, 1.165) is 26.2 Å². The summed E-state index contributed by atoms with van der Waals surface area (Å²) in [4.78, 5) is 6.95. The maximum atomic E-state index is 4.46. The molecule has 1 aromatic rings. The highest BCUT2D eigenvalue weighted by Crippen LogP contribution is 2.10. The number of nitrogens with one attached hydrogen (secondary N) is 1. The van der Waals surface area contributed by atoms with Gasteiger partial charge in [0.2, 0.25) is 0 Å². The van der Waals surface area contributed by atoms with Crippen LogP contribution in [0.2, 0.25) is 0 Å². The van der Waals surface area contributed by atoms with Gasteiger partial charge in [-0.1, -0.05) is 0 Å². The van der Waals surface area contributed by atoms with E-state index in [0.29, 0.717) is 6.04 Å². The maximum absolute atomic E-state index is 4.46. The van der Waals surface area contributed by atoms with Crippen LogP contribution in [0.3, 0.4) is 0 Å². The number of rotatable bonds is 3. The van der Waals surface area contributed by atoms with Gasteiger partial charge in [0.15, 0.2) is 0 Å². The van der Waals surface area contributed by atoms with Crippen LogP contribution in [0.5, 0.6) is 0 Å². The summed E-state index contributed by atoms with van der Waals surface area (Å²) in [5.74, 6) is 1.19. The van der Waals surface area contributed by atoms with Gasteiger partial charge in [0, 0.05) is 31.5 Å². The zero-order chi connectivity index (χ0) is 11.4. The standard InChI is InChI=1S/C12H22N4.2ClH/c1-11(2)16-9-6-14-12(16)10-15-7-3-4-13-5-8-15;;/h6,9,11,13H,3-5,7-8,10H2,1-2H3;2*1H. The highest BCUT2D eigenvalue weighted by molar-refractivity contribution is 5.85. The van der Waals surface area contributed by atoms with E-state index >= 15 is 0 Å². The van der Waals surface area contributed by atoms with E-state index in [2.05, 4.69) is 39.8 Å². The summed E-state index contributed by atoms with van der Waals surface area (Å²) in [5.41, 5.74) is 0. The highest BCUT2D eigenvalue weighted by Gasteiger charge is 2.13.